The molecule has 0 aliphatic heterocycles. The predicted octanol–water partition coefficient (Wildman–Crippen LogP) is 3.05. The van der Waals surface area contributed by atoms with Gasteiger partial charge in [0.1, 0.15) is 18.5 Å². The number of hydrogen-bond donors (Lipinski definition) is 1. The minimum Gasteiger partial charge on any atom is -0.491 e. The smallest absolute Gasteiger partial charge is 0.119 e. The molecule has 0 fully saturated rings. The Hall–Kier alpha value is -1.84. The number of fused-ring (bicyclic) bond motifs is 1. The van der Waals surface area contributed by atoms with Gasteiger partial charge in [-0.25, -0.2) is 0 Å². The molecule has 3 rings (SSSR count). The van der Waals surface area contributed by atoms with E-state index in [1.54, 1.807) is 0 Å². The van der Waals surface area contributed by atoms with Crippen LogP contribution in [0.15, 0.2) is 54.6 Å². The van der Waals surface area contributed by atoms with Gasteiger partial charge in [-0.05, 0) is 43.1 Å². The van der Waals surface area contributed by atoms with Crippen LogP contribution in [-0.4, -0.2) is 36.3 Å². The van der Waals surface area contributed by atoms with E-state index in [2.05, 4.69) is 36.2 Å². The van der Waals surface area contributed by atoms with Crippen LogP contribution in [0, 0.1) is 0 Å². The molecule has 0 saturated carbocycles. The van der Waals surface area contributed by atoms with Crippen molar-refractivity contribution in [2.75, 3.05) is 20.2 Å². The van der Waals surface area contributed by atoms with Crippen molar-refractivity contribution in [2.24, 2.45) is 0 Å². The van der Waals surface area contributed by atoms with Crippen molar-refractivity contribution >= 4 is 0 Å². The minimum absolute atomic E-state index is 0.322. The molecular formula is C19H23NO2. The van der Waals surface area contributed by atoms with E-state index in [0.717, 1.165) is 18.6 Å². The molecule has 3 heteroatoms. The molecule has 2 aromatic rings. The first kappa shape index (κ1) is 15.1. The maximum absolute atomic E-state index is 10.2. The van der Waals surface area contributed by atoms with Gasteiger partial charge in [0.05, 0.1) is 0 Å². The molecule has 2 unspecified atom stereocenters. The zero-order valence-corrected chi connectivity index (χ0v) is 13.0. The van der Waals surface area contributed by atoms with Crippen LogP contribution in [0.4, 0.5) is 0 Å². The van der Waals surface area contributed by atoms with E-state index >= 15 is 0 Å². The fourth-order valence-electron chi connectivity index (χ4n) is 3.21. The summed E-state index contributed by atoms with van der Waals surface area (Å²) in [5.41, 5.74) is 2.84. The number of ether oxygens (including phenoxy) is 1. The standard InChI is InChI=1S/C19H23NO2/c1-20(19-12-11-15-7-5-6-10-18(15)19)13-16(21)14-22-17-8-3-2-4-9-17/h2-10,16,19,21H,11-14H2,1H3. The molecule has 0 amide bonds. The number of rotatable bonds is 6. The third-order valence-corrected chi connectivity index (χ3v) is 4.32. The molecule has 116 valence electrons. The summed E-state index contributed by atoms with van der Waals surface area (Å²) in [6.45, 7) is 0.939. The Labute approximate surface area is 132 Å². The second kappa shape index (κ2) is 6.95. The monoisotopic (exact) mass is 297 g/mol. The second-order valence-electron chi connectivity index (χ2n) is 5.97. The third-order valence-electron chi connectivity index (χ3n) is 4.32. The SMILES string of the molecule is CN(CC(O)COc1ccccc1)C1CCc2ccccc21. The number of para-hydroxylation sites is 1. The average Bonchev–Trinajstić information content (AvgIpc) is 2.98. The van der Waals surface area contributed by atoms with Crippen LogP contribution in [0.2, 0.25) is 0 Å². The van der Waals surface area contributed by atoms with Gasteiger partial charge in [-0.3, -0.25) is 4.90 Å². The maximum atomic E-state index is 10.2. The Bertz CT molecular complexity index is 599. The van der Waals surface area contributed by atoms with Crippen molar-refractivity contribution in [3.8, 4) is 5.75 Å². The number of benzene rings is 2. The van der Waals surface area contributed by atoms with Gasteiger partial charge in [0, 0.05) is 12.6 Å². The van der Waals surface area contributed by atoms with Gasteiger partial charge in [0.25, 0.3) is 0 Å². The van der Waals surface area contributed by atoms with Crippen LogP contribution >= 0.6 is 0 Å². The number of aryl methyl sites for hydroxylation is 1. The van der Waals surface area contributed by atoms with Crippen molar-refractivity contribution in [3.05, 3.63) is 65.7 Å². The summed E-state index contributed by atoms with van der Waals surface area (Å²) in [4.78, 5) is 2.24. The molecule has 0 heterocycles. The van der Waals surface area contributed by atoms with Crippen molar-refractivity contribution < 1.29 is 9.84 Å². The summed E-state index contributed by atoms with van der Waals surface area (Å²) >= 11 is 0. The van der Waals surface area contributed by atoms with Crippen LogP contribution < -0.4 is 4.74 Å². The van der Waals surface area contributed by atoms with Gasteiger partial charge in [-0.1, -0.05) is 42.5 Å². The van der Waals surface area contributed by atoms with Gasteiger partial charge in [-0.2, -0.15) is 0 Å². The van der Waals surface area contributed by atoms with E-state index in [4.69, 9.17) is 4.74 Å². The van der Waals surface area contributed by atoms with E-state index in [0.29, 0.717) is 19.2 Å². The largest absolute Gasteiger partial charge is 0.491 e. The highest BCUT2D eigenvalue weighted by Gasteiger charge is 2.26. The van der Waals surface area contributed by atoms with Gasteiger partial charge in [0.15, 0.2) is 0 Å². The molecule has 22 heavy (non-hydrogen) atoms. The third kappa shape index (κ3) is 3.49. The lowest BCUT2D eigenvalue weighted by Gasteiger charge is -2.27. The first-order valence-corrected chi connectivity index (χ1v) is 7.88. The fraction of sp³-hybridized carbons (Fsp3) is 0.368. The Morgan fingerprint density at radius 3 is 2.68 bits per heavy atom. The molecule has 0 aromatic heterocycles. The molecular weight excluding hydrogens is 274 g/mol. The second-order valence-corrected chi connectivity index (χ2v) is 5.97. The van der Waals surface area contributed by atoms with E-state index < -0.39 is 6.10 Å². The number of aliphatic hydroxyl groups is 1. The molecule has 1 aliphatic carbocycles. The van der Waals surface area contributed by atoms with Crippen LogP contribution in [0.25, 0.3) is 0 Å². The van der Waals surface area contributed by atoms with E-state index in [1.807, 2.05) is 30.3 Å². The Morgan fingerprint density at radius 1 is 1.14 bits per heavy atom. The van der Waals surface area contributed by atoms with Gasteiger partial charge in [-0.15, -0.1) is 0 Å². The number of nitrogens with zero attached hydrogens (tertiary/aromatic N) is 1. The summed E-state index contributed by atoms with van der Waals surface area (Å²) < 4.78 is 5.62. The average molecular weight is 297 g/mol. The summed E-state index contributed by atoms with van der Waals surface area (Å²) in [5, 5.41) is 10.2. The molecule has 1 N–H and O–H groups in total. The topological polar surface area (TPSA) is 32.7 Å². The van der Waals surface area contributed by atoms with E-state index in [9.17, 15) is 5.11 Å². The molecule has 0 spiro atoms. The molecule has 3 nitrogen and oxygen atoms in total. The first-order valence-electron chi connectivity index (χ1n) is 7.88. The maximum Gasteiger partial charge on any atom is 0.119 e. The number of likely N-dealkylation sites (N-methyl/N-ethyl adjacent to an activating group) is 1. The van der Waals surface area contributed by atoms with Crippen molar-refractivity contribution in [1.29, 1.82) is 0 Å². The van der Waals surface area contributed by atoms with Crippen LogP contribution in [0.1, 0.15) is 23.6 Å². The highest BCUT2D eigenvalue weighted by Crippen LogP contribution is 2.34. The quantitative estimate of drug-likeness (QED) is 0.889. The summed E-state index contributed by atoms with van der Waals surface area (Å²) in [5.74, 6) is 0.801. The summed E-state index contributed by atoms with van der Waals surface area (Å²) in [6, 6.07) is 18.6. The van der Waals surface area contributed by atoms with Crippen molar-refractivity contribution in [3.63, 3.8) is 0 Å². The van der Waals surface area contributed by atoms with Crippen LogP contribution in [0.5, 0.6) is 5.75 Å². The van der Waals surface area contributed by atoms with Crippen LogP contribution in [-0.2, 0) is 6.42 Å². The zero-order chi connectivity index (χ0) is 15.4. The number of hydrogen-bond acceptors (Lipinski definition) is 3. The minimum atomic E-state index is -0.488. The predicted molar refractivity (Wildman–Crippen MR) is 88.1 cm³/mol. The lowest BCUT2D eigenvalue weighted by Crippen LogP contribution is -2.35. The molecule has 0 saturated heterocycles. The Kier molecular flexibility index (Phi) is 4.76. The van der Waals surface area contributed by atoms with Crippen molar-refractivity contribution in [1.82, 2.24) is 4.90 Å². The Balaban J connectivity index is 1.52. The van der Waals surface area contributed by atoms with E-state index in [1.165, 1.54) is 11.1 Å². The van der Waals surface area contributed by atoms with Crippen molar-refractivity contribution in [2.45, 2.75) is 25.0 Å². The fourth-order valence-corrected chi connectivity index (χ4v) is 3.21. The molecule has 1 aliphatic rings. The lowest BCUT2D eigenvalue weighted by atomic mass is 10.1. The Morgan fingerprint density at radius 2 is 1.86 bits per heavy atom. The highest BCUT2D eigenvalue weighted by molar-refractivity contribution is 5.34. The molecule has 0 bridgehead atoms. The zero-order valence-electron chi connectivity index (χ0n) is 13.0. The van der Waals surface area contributed by atoms with E-state index in [-0.39, 0.29) is 0 Å². The normalized spacial score (nSPS) is 18.2. The molecule has 2 aromatic carbocycles. The van der Waals surface area contributed by atoms with Crippen LogP contribution in [0.3, 0.4) is 0 Å². The summed E-state index contributed by atoms with van der Waals surface area (Å²) in [6.07, 6.45) is 1.77. The first-order chi connectivity index (χ1) is 10.7. The van der Waals surface area contributed by atoms with Gasteiger partial charge >= 0.3 is 0 Å². The highest BCUT2D eigenvalue weighted by atomic mass is 16.5. The molecule has 0 radical (unpaired) electrons. The van der Waals surface area contributed by atoms with Gasteiger partial charge in [0.2, 0.25) is 0 Å². The summed E-state index contributed by atoms with van der Waals surface area (Å²) in [7, 11) is 2.08. The van der Waals surface area contributed by atoms with Gasteiger partial charge < -0.3 is 9.84 Å². The number of aliphatic hydroxyl groups excluding tert-OH is 1. The molecule has 2 atom stereocenters. The lowest BCUT2D eigenvalue weighted by molar-refractivity contribution is 0.0629.